The number of anilines is 1. The molecule has 0 saturated carbocycles. The zero-order chi connectivity index (χ0) is 22.2. The van der Waals surface area contributed by atoms with Gasteiger partial charge in [0.15, 0.2) is 23.1 Å². The fourth-order valence-electron chi connectivity index (χ4n) is 3.91. The normalized spacial score (nSPS) is 17.2. The maximum absolute atomic E-state index is 14.5. The van der Waals surface area contributed by atoms with E-state index in [4.69, 9.17) is 14.2 Å². The highest BCUT2D eigenvalue weighted by Crippen LogP contribution is 2.30. The molecule has 1 saturated heterocycles. The van der Waals surface area contributed by atoms with Crippen molar-refractivity contribution in [2.24, 2.45) is 0 Å². The summed E-state index contributed by atoms with van der Waals surface area (Å²) < 4.78 is 48.6. The van der Waals surface area contributed by atoms with Crippen molar-refractivity contribution >= 4 is 5.82 Å². The van der Waals surface area contributed by atoms with Crippen molar-refractivity contribution in [2.75, 3.05) is 24.7 Å². The summed E-state index contributed by atoms with van der Waals surface area (Å²) in [6, 6.07) is 4.01. The van der Waals surface area contributed by atoms with Gasteiger partial charge in [0.05, 0.1) is 38.2 Å². The predicted octanol–water partition coefficient (Wildman–Crippen LogP) is 2.33. The summed E-state index contributed by atoms with van der Waals surface area (Å²) in [5.74, 6) is -1.21. The van der Waals surface area contributed by atoms with E-state index in [1.165, 1.54) is 6.20 Å². The molecule has 168 valence electrons. The molecule has 2 aliphatic rings. The number of ether oxygens (including phenoxy) is 3. The Bertz CT molecular complexity index is 1190. The fourth-order valence-corrected chi connectivity index (χ4v) is 3.91. The minimum absolute atomic E-state index is 0.0914. The van der Waals surface area contributed by atoms with Crippen LogP contribution in [0.1, 0.15) is 12.5 Å². The number of aromatic nitrogens is 4. The summed E-state index contributed by atoms with van der Waals surface area (Å²) in [5, 5.41) is 4.01. The van der Waals surface area contributed by atoms with Crippen LogP contribution in [0.5, 0.6) is 17.4 Å². The highest BCUT2D eigenvalue weighted by molar-refractivity contribution is 5.47. The molecule has 0 unspecified atom stereocenters. The standard InChI is InChI=1S/C21H21F2N5O4/c1-2-26-10-15(8-24-26)32-20-16(22)5-13(6-17(20)23)11-31-18-7-19-27-3-4-30-12-14(27)9-28(19)21(29)25-18/h5-8,10,14H,2-4,9,11-12H2,1H3/t14-/m0/s1. The van der Waals surface area contributed by atoms with Gasteiger partial charge in [0.2, 0.25) is 5.88 Å². The first-order chi connectivity index (χ1) is 15.5. The van der Waals surface area contributed by atoms with Crippen LogP contribution in [0.25, 0.3) is 0 Å². The lowest BCUT2D eigenvalue weighted by Gasteiger charge is -2.30. The largest absolute Gasteiger partial charge is 0.473 e. The third-order valence-electron chi connectivity index (χ3n) is 5.48. The number of morpholine rings is 1. The van der Waals surface area contributed by atoms with Gasteiger partial charge in [-0.05, 0) is 24.6 Å². The Morgan fingerprint density at radius 1 is 1.25 bits per heavy atom. The van der Waals surface area contributed by atoms with Crippen LogP contribution in [0.3, 0.4) is 0 Å². The van der Waals surface area contributed by atoms with Crippen molar-refractivity contribution in [3.63, 3.8) is 0 Å². The summed E-state index contributed by atoms with van der Waals surface area (Å²) in [7, 11) is 0. The molecule has 11 heteroatoms. The second kappa shape index (κ2) is 8.23. The van der Waals surface area contributed by atoms with E-state index in [-0.39, 0.29) is 29.8 Å². The molecule has 1 aromatic carbocycles. The Balaban J connectivity index is 1.31. The Hall–Kier alpha value is -3.47. The summed E-state index contributed by atoms with van der Waals surface area (Å²) in [4.78, 5) is 18.4. The molecule has 0 spiro atoms. The lowest BCUT2D eigenvalue weighted by atomic mass is 10.2. The second-order valence-electron chi connectivity index (χ2n) is 7.58. The third-order valence-corrected chi connectivity index (χ3v) is 5.48. The van der Waals surface area contributed by atoms with Gasteiger partial charge in [0.25, 0.3) is 0 Å². The minimum Gasteiger partial charge on any atom is -0.473 e. The number of hydrogen-bond donors (Lipinski definition) is 0. The summed E-state index contributed by atoms with van der Waals surface area (Å²) in [6.45, 7) is 4.63. The van der Waals surface area contributed by atoms with Crippen LogP contribution >= 0.6 is 0 Å². The molecule has 32 heavy (non-hydrogen) atoms. The molecule has 1 fully saturated rings. The predicted molar refractivity (Wildman–Crippen MR) is 109 cm³/mol. The van der Waals surface area contributed by atoms with Crippen LogP contribution in [0.2, 0.25) is 0 Å². The second-order valence-corrected chi connectivity index (χ2v) is 7.58. The average Bonchev–Trinajstić information content (AvgIpc) is 3.39. The maximum atomic E-state index is 14.5. The first-order valence-corrected chi connectivity index (χ1v) is 10.3. The number of halogens is 2. The van der Waals surface area contributed by atoms with Crippen LogP contribution < -0.4 is 20.1 Å². The van der Waals surface area contributed by atoms with E-state index in [1.54, 1.807) is 21.5 Å². The van der Waals surface area contributed by atoms with E-state index >= 15 is 0 Å². The van der Waals surface area contributed by atoms with Crippen molar-refractivity contribution in [1.29, 1.82) is 0 Å². The number of rotatable bonds is 6. The number of nitrogens with zero attached hydrogens (tertiary/aromatic N) is 5. The van der Waals surface area contributed by atoms with Gasteiger partial charge in [-0.2, -0.15) is 10.1 Å². The van der Waals surface area contributed by atoms with Gasteiger partial charge in [-0.3, -0.25) is 9.25 Å². The number of fused-ring (bicyclic) bond motifs is 3. The van der Waals surface area contributed by atoms with E-state index in [1.807, 2.05) is 6.92 Å². The summed E-state index contributed by atoms with van der Waals surface area (Å²) in [5.41, 5.74) is -0.191. The molecule has 2 aromatic heterocycles. The zero-order valence-corrected chi connectivity index (χ0v) is 17.3. The van der Waals surface area contributed by atoms with Gasteiger partial charge in [-0.25, -0.2) is 13.6 Å². The van der Waals surface area contributed by atoms with E-state index in [0.29, 0.717) is 38.7 Å². The van der Waals surface area contributed by atoms with Gasteiger partial charge < -0.3 is 19.1 Å². The van der Waals surface area contributed by atoms with Crippen molar-refractivity contribution < 1.29 is 23.0 Å². The number of benzene rings is 1. The Labute approximate surface area is 181 Å². The minimum atomic E-state index is -0.869. The van der Waals surface area contributed by atoms with Gasteiger partial charge in [0, 0.05) is 19.2 Å². The highest BCUT2D eigenvalue weighted by atomic mass is 19.1. The first kappa shape index (κ1) is 20.4. The molecule has 1 atom stereocenters. The molecule has 0 radical (unpaired) electrons. The number of aryl methyl sites for hydroxylation is 1. The topological polar surface area (TPSA) is 83.6 Å². The van der Waals surface area contributed by atoms with Gasteiger partial charge in [-0.15, -0.1) is 0 Å². The zero-order valence-electron chi connectivity index (χ0n) is 17.3. The molecule has 4 heterocycles. The first-order valence-electron chi connectivity index (χ1n) is 10.3. The molecule has 5 rings (SSSR count). The van der Waals surface area contributed by atoms with Crippen LogP contribution in [0.4, 0.5) is 14.6 Å². The maximum Gasteiger partial charge on any atom is 0.352 e. The molecular formula is C21H21F2N5O4. The number of hydrogen-bond acceptors (Lipinski definition) is 7. The molecule has 0 bridgehead atoms. The molecule has 3 aromatic rings. The van der Waals surface area contributed by atoms with Crippen molar-refractivity contribution in [1.82, 2.24) is 19.3 Å². The van der Waals surface area contributed by atoms with Crippen molar-refractivity contribution in [2.45, 2.75) is 32.7 Å². The van der Waals surface area contributed by atoms with E-state index < -0.39 is 23.1 Å². The molecule has 0 aliphatic carbocycles. The molecular weight excluding hydrogens is 424 g/mol. The monoisotopic (exact) mass is 445 g/mol. The van der Waals surface area contributed by atoms with E-state index in [0.717, 1.165) is 12.1 Å². The van der Waals surface area contributed by atoms with E-state index in [2.05, 4.69) is 15.0 Å². The highest BCUT2D eigenvalue weighted by Gasteiger charge is 2.33. The third kappa shape index (κ3) is 3.79. The van der Waals surface area contributed by atoms with Gasteiger partial charge in [-0.1, -0.05) is 0 Å². The summed E-state index contributed by atoms with van der Waals surface area (Å²) >= 11 is 0. The van der Waals surface area contributed by atoms with Gasteiger partial charge >= 0.3 is 5.69 Å². The fraction of sp³-hybridized carbons (Fsp3) is 0.381. The Kier molecular flexibility index (Phi) is 5.25. The van der Waals surface area contributed by atoms with Crippen LogP contribution in [-0.2, 0) is 24.4 Å². The van der Waals surface area contributed by atoms with Crippen LogP contribution in [0.15, 0.2) is 35.4 Å². The lowest BCUT2D eigenvalue weighted by molar-refractivity contribution is 0.0956. The van der Waals surface area contributed by atoms with Gasteiger partial charge in [0.1, 0.15) is 12.4 Å². The average molecular weight is 445 g/mol. The van der Waals surface area contributed by atoms with E-state index in [9.17, 15) is 13.6 Å². The Morgan fingerprint density at radius 2 is 2.06 bits per heavy atom. The quantitative estimate of drug-likeness (QED) is 0.576. The van der Waals surface area contributed by atoms with Crippen LogP contribution in [0, 0.1) is 11.6 Å². The molecule has 9 nitrogen and oxygen atoms in total. The SMILES string of the molecule is CCn1cc(Oc2c(F)cc(COc3cc4n(c(=O)n3)C[C@H]3COCCN43)cc2F)cn1. The Morgan fingerprint density at radius 3 is 2.81 bits per heavy atom. The molecule has 0 amide bonds. The van der Waals surface area contributed by atoms with Crippen molar-refractivity contribution in [3.8, 4) is 17.4 Å². The summed E-state index contributed by atoms with van der Waals surface area (Å²) in [6.07, 6.45) is 2.93. The lowest BCUT2D eigenvalue weighted by Crippen LogP contribution is -2.43. The smallest absolute Gasteiger partial charge is 0.352 e. The molecule has 2 aliphatic heterocycles. The van der Waals surface area contributed by atoms with Crippen molar-refractivity contribution in [3.05, 3.63) is 58.3 Å². The van der Waals surface area contributed by atoms with Crippen LogP contribution in [-0.4, -0.2) is 45.1 Å². The molecule has 0 N–H and O–H groups in total.